The highest BCUT2D eigenvalue weighted by Gasteiger charge is 2.21. The molecule has 0 aliphatic rings. The van der Waals surface area contributed by atoms with Crippen LogP contribution in [0.1, 0.15) is 24.2 Å². The van der Waals surface area contributed by atoms with Gasteiger partial charge in [0.25, 0.3) is 0 Å². The van der Waals surface area contributed by atoms with Gasteiger partial charge >= 0.3 is 17.9 Å². The maximum Gasteiger partial charge on any atom is 0.347 e. The van der Waals surface area contributed by atoms with Crippen molar-refractivity contribution in [2.24, 2.45) is 0 Å². The van der Waals surface area contributed by atoms with Crippen LogP contribution in [0, 0.1) is 0 Å². The number of rotatable bonds is 7. The fraction of sp³-hybridized carbons (Fsp3) is 0.267. The number of ether oxygens (including phenoxy) is 2. The number of carbonyl (C=O) groups is 3. The van der Waals surface area contributed by atoms with Gasteiger partial charge in [-0.3, -0.25) is 0 Å². The molecule has 0 bridgehead atoms. The van der Waals surface area contributed by atoms with E-state index in [-0.39, 0.29) is 35.1 Å². The Morgan fingerprint density at radius 3 is 2.22 bits per heavy atom. The van der Waals surface area contributed by atoms with Gasteiger partial charge in [0.05, 0.1) is 29.5 Å². The van der Waals surface area contributed by atoms with E-state index in [9.17, 15) is 14.4 Å². The Balaban J connectivity index is 3.10. The van der Waals surface area contributed by atoms with Gasteiger partial charge in [0.15, 0.2) is 5.57 Å². The zero-order chi connectivity index (χ0) is 17.4. The molecule has 1 aromatic rings. The molecule has 0 saturated heterocycles. The van der Waals surface area contributed by atoms with Crippen LogP contribution >= 0.6 is 11.6 Å². The summed E-state index contributed by atoms with van der Waals surface area (Å²) in [7, 11) is 0. The van der Waals surface area contributed by atoms with Crippen molar-refractivity contribution in [1.29, 1.82) is 0 Å². The first kappa shape index (κ1) is 18.5. The minimum Gasteiger partial charge on any atom is -0.478 e. The van der Waals surface area contributed by atoms with E-state index >= 15 is 0 Å². The van der Waals surface area contributed by atoms with Gasteiger partial charge in [-0.05, 0) is 26.0 Å². The number of anilines is 1. The van der Waals surface area contributed by atoms with Gasteiger partial charge in [-0.1, -0.05) is 17.7 Å². The molecule has 0 atom stereocenters. The van der Waals surface area contributed by atoms with Gasteiger partial charge in [-0.15, -0.1) is 0 Å². The maximum atomic E-state index is 11.8. The van der Waals surface area contributed by atoms with Crippen LogP contribution in [0.4, 0.5) is 5.69 Å². The Morgan fingerprint density at radius 2 is 1.74 bits per heavy atom. The molecule has 1 aromatic carbocycles. The fourth-order valence-electron chi connectivity index (χ4n) is 1.58. The maximum absolute atomic E-state index is 11.8. The normalized spacial score (nSPS) is 9.70. The number of halogens is 1. The molecule has 23 heavy (non-hydrogen) atoms. The van der Waals surface area contributed by atoms with Crippen LogP contribution in [0.5, 0.6) is 0 Å². The molecule has 1 rings (SSSR count). The third kappa shape index (κ3) is 5.00. The van der Waals surface area contributed by atoms with Crippen molar-refractivity contribution in [3.05, 3.63) is 40.6 Å². The zero-order valence-corrected chi connectivity index (χ0v) is 13.3. The van der Waals surface area contributed by atoms with Crippen molar-refractivity contribution in [3.8, 4) is 0 Å². The predicted octanol–water partition coefficient (Wildman–Crippen LogP) is 2.46. The SMILES string of the molecule is CCOC(=O)C(=CNc1cccc(C(=O)O)c1Cl)C(=O)OCC. The molecule has 0 heterocycles. The molecule has 0 saturated carbocycles. The number of nitrogens with one attached hydrogen (secondary N) is 1. The molecular formula is C15H16ClNO6. The van der Waals surface area contributed by atoms with Crippen LogP contribution in [0.3, 0.4) is 0 Å². The van der Waals surface area contributed by atoms with E-state index in [0.29, 0.717) is 0 Å². The second kappa shape index (κ2) is 8.79. The summed E-state index contributed by atoms with van der Waals surface area (Å²) in [4.78, 5) is 34.6. The molecule has 0 unspecified atom stereocenters. The summed E-state index contributed by atoms with van der Waals surface area (Å²) in [6.07, 6.45) is 1.07. The Kier molecular flexibility index (Phi) is 7.08. The number of carbonyl (C=O) groups excluding carboxylic acids is 2. The highest BCUT2D eigenvalue weighted by atomic mass is 35.5. The number of hydrogen-bond donors (Lipinski definition) is 2. The topological polar surface area (TPSA) is 102 Å². The quantitative estimate of drug-likeness (QED) is 0.340. The lowest BCUT2D eigenvalue weighted by Crippen LogP contribution is -2.19. The second-order valence-electron chi connectivity index (χ2n) is 4.12. The summed E-state index contributed by atoms with van der Waals surface area (Å²) in [5.41, 5.74) is -0.248. The van der Waals surface area contributed by atoms with Gasteiger partial charge < -0.3 is 19.9 Å². The highest BCUT2D eigenvalue weighted by Crippen LogP contribution is 2.26. The molecule has 2 N–H and O–H groups in total. The van der Waals surface area contributed by atoms with Gasteiger partial charge in [-0.2, -0.15) is 0 Å². The van der Waals surface area contributed by atoms with Crippen molar-refractivity contribution in [3.63, 3.8) is 0 Å². The van der Waals surface area contributed by atoms with Crippen LogP contribution in [0.25, 0.3) is 0 Å². The Labute approximate surface area is 137 Å². The van der Waals surface area contributed by atoms with Gasteiger partial charge in [0.1, 0.15) is 0 Å². The minimum absolute atomic E-state index is 0.0525. The van der Waals surface area contributed by atoms with Crippen molar-refractivity contribution < 1.29 is 29.0 Å². The zero-order valence-electron chi connectivity index (χ0n) is 12.6. The van der Waals surface area contributed by atoms with Crippen molar-refractivity contribution >= 4 is 35.2 Å². The molecule has 0 aromatic heterocycles. The van der Waals surface area contributed by atoms with Crippen molar-refractivity contribution in [1.82, 2.24) is 0 Å². The van der Waals surface area contributed by atoms with E-state index in [1.54, 1.807) is 13.8 Å². The minimum atomic E-state index is -1.20. The standard InChI is InChI=1S/C15H16ClNO6/c1-3-22-14(20)10(15(21)23-4-2)8-17-11-7-5-6-9(12(11)16)13(18)19/h5-8,17H,3-4H2,1-2H3,(H,18,19). The first-order chi connectivity index (χ1) is 10.9. The summed E-state index contributed by atoms with van der Waals surface area (Å²) in [6.45, 7) is 3.37. The largest absolute Gasteiger partial charge is 0.478 e. The Bertz CT molecular complexity index is 621. The van der Waals surface area contributed by atoms with E-state index in [1.807, 2.05) is 0 Å². The summed E-state index contributed by atoms with van der Waals surface area (Å²) < 4.78 is 9.55. The van der Waals surface area contributed by atoms with Crippen molar-refractivity contribution in [2.45, 2.75) is 13.8 Å². The van der Waals surface area contributed by atoms with E-state index in [0.717, 1.165) is 6.20 Å². The number of benzene rings is 1. The van der Waals surface area contributed by atoms with Crippen LogP contribution in [0.15, 0.2) is 30.0 Å². The molecule has 0 radical (unpaired) electrons. The summed E-state index contributed by atoms with van der Waals surface area (Å²) in [6, 6.07) is 4.30. The van der Waals surface area contributed by atoms with E-state index in [1.165, 1.54) is 18.2 Å². The van der Waals surface area contributed by atoms with Crippen LogP contribution < -0.4 is 5.32 Å². The van der Waals surface area contributed by atoms with Gasteiger partial charge in [0.2, 0.25) is 0 Å². The molecule has 0 aliphatic carbocycles. The predicted molar refractivity (Wildman–Crippen MR) is 83.4 cm³/mol. The van der Waals surface area contributed by atoms with Crippen LogP contribution in [0.2, 0.25) is 5.02 Å². The van der Waals surface area contributed by atoms with Crippen LogP contribution in [-0.2, 0) is 19.1 Å². The number of hydrogen-bond acceptors (Lipinski definition) is 6. The molecule has 0 aliphatic heterocycles. The summed E-state index contributed by atoms with van der Waals surface area (Å²) in [5.74, 6) is -2.91. The number of esters is 2. The van der Waals surface area contributed by atoms with E-state index < -0.39 is 17.9 Å². The lowest BCUT2D eigenvalue weighted by molar-refractivity contribution is -0.146. The van der Waals surface area contributed by atoms with Gasteiger partial charge in [0, 0.05) is 6.20 Å². The smallest absolute Gasteiger partial charge is 0.347 e. The van der Waals surface area contributed by atoms with Crippen molar-refractivity contribution in [2.75, 3.05) is 18.5 Å². The monoisotopic (exact) mass is 341 g/mol. The molecule has 0 fully saturated rings. The number of carboxylic acids is 1. The molecule has 0 amide bonds. The number of carboxylic acid groups (broad SMARTS) is 1. The van der Waals surface area contributed by atoms with E-state index in [2.05, 4.69) is 5.32 Å². The Hall–Kier alpha value is -2.54. The van der Waals surface area contributed by atoms with E-state index in [4.69, 9.17) is 26.2 Å². The first-order valence-corrected chi connectivity index (χ1v) is 7.12. The Morgan fingerprint density at radius 1 is 1.17 bits per heavy atom. The second-order valence-corrected chi connectivity index (χ2v) is 4.49. The molecule has 124 valence electrons. The summed E-state index contributed by atoms with van der Waals surface area (Å²) in [5, 5.41) is 11.6. The molecule has 8 heteroatoms. The molecular weight excluding hydrogens is 326 g/mol. The number of aromatic carboxylic acids is 1. The highest BCUT2D eigenvalue weighted by molar-refractivity contribution is 6.36. The lowest BCUT2D eigenvalue weighted by Gasteiger charge is -2.09. The third-order valence-corrected chi connectivity index (χ3v) is 3.00. The lowest BCUT2D eigenvalue weighted by atomic mass is 10.2. The van der Waals surface area contributed by atoms with Crippen LogP contribution in [-0.4, -0.2) is 36.2 Å². The fourth-order valence-corrected chi connectivity index (χ4v) is 1.84. The molecule has 0 spiro atoms. The third-order valence-electron chi connectivity index (χ3n) is 2.59. The summed E-state index contributed by atoms with van der Waals surface area (Å²) >= 11 is 5.96. The van der Waals surface area contributed by atoms with Gasteiger partial charge in [-0.25, -0.2) is 14.4 Å². The average Bonchev–Trinajstić information content (AvgIpc) is 2.49. The molecule has 7 nitrogen and oxygen atoms in total. The average molecular weight is 342 g/mol. The first-order valence-electron chi connectivity index (χ1n) is 6.75.